The second kappa shape index (κ2) is 5.29. The molecule has 0 radical (unpaired) electrons. The summed E-state index contributed by atoms with van der Waals surface area (Å²) in [6, 6.07) is 0. The van der Waals surface area contributed by atoms with Gasteiger partial charge in [0.15, 0.2) is 0 Å². The molecule has 1 rings (SSSR count). The van der Waals surface area contributed by atoms with E-state index in [1.165, 1.54) is 0 Å². The summed E-state index contributed by atoms with van der Waals surface area (Å²) in [6.07, 6.45) is 0. The van der Waals surface area contributed by atoms with Crippen LogP contribution in [0.4, 0.5) is 4.39 Å². The number of nitrogens with zero attached hydrogens (tertiary/aromatic N) is 2. The zero-order chi connectivity index (χ0) is 10.6. The first kappa shape index (κ1) is 11.4. The van der Waals surface area contributed by atoms with Crippen molar-refractivity contribution >= 4 is 5.91 Å². The van der Waals surface area contributed by atoms with Crippen molar-refractivity contribution in [2.75, 3.05) is 39.4 Å². The van der Waals surface area contributed by atoms with Crippen LogP contribution in [0.5, 0.6) is 0 Å². The summed E-state index contributed by atoms with van der Waals surface area (Å²) in [5.74, 6) is 0.285. The summed E-state index contributed by atoms with van der Waals surface area (Å²) in [5.41, 5.74) is 0. The van der Waals surface area contributed by atoms with Crippen LogP contribution in [-0.4, -0.2) is 55.1 Å². The topological polar surface area (TPSA) is 23.6 Å². The highest BCUT2D eigenvalue weighted by atomic mass is 19.1. The molecule has 1 fully saturated rings. The molecule has 0 spiro atoms. The summed E-state index contributed by atoms with van der Waals surface area (Å²) in [4.78, 5) is 15.5. The molecule has 1 aliphatic rings. The molecule has 1 saturated heterocycles. The lowest BCUT2D eigenvalue weighted by molar-refractivity contribution is -0.136. The quantitative estimate of drug-likeness (QED) is 0.674. The lowest BCUT2D eigenvalue weighted by atomic mass is 10.1. The van der Waals surface area contributed by atoms with E-state index >= 15 is 0 Å². The van der Waals surface area contributed by atoms with Crippen LogP contribution >= 0.6 is 0 Å². The van der Waals surface area contributed by atoms with Crippen molar-refractivity contribution in [3.8, 4) is 0 Å². The van der Waals surface area contributed by atoms with Gasteiger partial charge in [0, 0.05) is 38.6 Å². The largest absolute Gasteiger partial charge is 0.340 e. The van der Waals surface area contributed by atoms with E-state index in [4.69, 9.17) is 0 Å². The number of rotatable bonds is 3. The molecule has 14 heavy (non-hydrogen) atoms. The van der Waals surface area contributed by atoms with Gasteiger partial charge in [-0.25, -0.2) is 4.39 Å². The number of carbonyl (C=O) groups is 1. The molecule has 0 aliphatic carbocycles. The van der Waals surface area contributed by atoms with E-state index in [9.17, 15) is 9.18 Å². The molecule has 1 amide bonds. The Hall–Kier alpha value is -0.640. The van der Waals surface area contributed by atoms with Gasteiger partial charge in [-0.05, 0) is 0 Å². The molecule has 3 nitrogen and oxygen atoms in total. The molecule has 0 bridgehead atoms. The van der Waals surface area contributed by atoms with Crippen LogP contribution in [0, 0.1) is 5.92 Å². The minimum atomic E-state index is -0.294. The standard InChI is InChI=1S/C10H19FN2O/c1-9(2)10(14)13-7-5-12(4-3-11)6-8-13/h9H,3-8H2,1-2H3. The van der Waals surface area contributed by atoms with Crippen molar-refractivity contribution in [2.24, 2.45) is 5.92 Å². The van der Waals surface area contributed by atoms with Gasteiger partial charge in [-0.3, -0.25) is 9.69 Å². The van der Waals surface area contributed by atoms with Crippen LogP contribution in [0.1, 0.15) is 13.8 Å². The van der Waals surface area contributed by atoms with Gasteiger partial charge in [0.1, 0.15) is 6.67 Å². The van der Waals surface area contributed by atoms with Gasteiger partial charge < -0.3 is 4.90 Å². The molecule has 0 unspecified atom stereocenters. The average Bonchev–Trinajstić information content (AvgIpc) is 2.18. The third kappa shape index (κ3) is 2.94. The lowest BCUT2D eigenvalue weighted by Crippen LogP contribution is -2.50. The fourth-order valence-corrected chi connectivity index (χ4v) is 1.68. The minimum absolute atomic E-state index is 0.0720. The van der Waals surface area contributed by atoms with Gasteiger partial charge in [-0.2, -0.15) is 0 Å². The second-order valence-electron chi connectivity index (χ2n) is 4.01. The molecule has 0 atom stereocenters. The zero-order valence-electron chi connectivity index (χ0n) is 9.00. The molecular weight excluding hydrogens is 183 g/mol. The molecule has 0 aromatic heterocycles. The minimum Gasteiger partial charge on any atom is -0.340 e. The fraction of sp³-hybridized carbons (Fsp3) is 0.900. The number of carbonyl (C=O) groups excluding carboxylic acids is 1. The Balaban J connectivity index is 2.32. The number of amides is 1. The van der Waals surface area contributed by atoms with Gasteiger partial charge >= 0.3 is 0 Å². The summed E-state index contributed by atoms with van der Waals surface area (Å²) in [7, 11) is 0. The highest BCUT2D eigenvalue weighted by molar-refractivity contribution is 5.78. The van der Waals surface area contributed by atoms with Crippen LogP contribution in [0.15, 0.2) is 0 Å². The normalized spacial score (nSPS) is 19.0. The van der Waals surface area contributed by atoms with Gasteiger partial charge in [0.25, 0.3) is 0 Å². The molecule has 1 aliphatic heterocycles. The highest BCUT2D eigenvalue weighted by Gasteiger charge is 2.22. The molecule has 0 saturated carbocycles. The first-order chi connectivity index (χ1) is 6.65. The van der Waals surface area contributed by atoms with Crippen molar-refractivity contribution in [3.63, 3.8) is 0 Å². The molecule has 1 heterocycles. The zero-order valence-corrected chi connectivity index (χ0v) is 9.00. The Labute approximate surface area is 84.9 Å². The average molecular weight is 202 g/mol. The number of piperazine rings is 1. The second-order valence-corrected chi connectivity index (χ2v) is 4.01. The SMILES string of the molecule is CC(C)C(=O)N1CCN(CCF)CC1. The fourth-order valence-electron chi connectivity index (χ4n) is 1.68. The van der Waals surface area contributed by atoms with Crippen LogP contribution in [0.3, 0.4) is 0 Å². The van der Waals surface area contributed by atoms with E-state index in [0.717, 1.165) is 26.2 Å². The molecule has 0 aromatic rings. The predicted molar refractivity (Wildman–Crippen MR) is 53.8 cm³/mol. The molecule has 0 N–H and O–H groups in total. The van der Waals surface area contributed by atoms with Crippen molar-refractivity contribution in [1.29, 1.82) is 0 Å². The van der Waals surface area contributed by atoms with Gasteiger partial charge in [-0.1, -0.05) is 13.8 Å². The maximum Gasteiger partial charge on any atom is 0.225 e. The van der Waals surface area contributed by atoms with Gasteiger partial charge in [-0.15, -0.1) is 0 Å². The van der Waals surface area contributed by atoms with E-state index in [2.05, 4.69) is 4.90 Å². The van der Waals surface area contributed by atoms with E-state index < -0.39 is 0 Å². The van der Waals surface area contributed by atoms with Crippen LogP contribution in [0.25, 0.3) is 0 Å². The molecular formula is C10H19FN2O. The molecule has 82 valence electrons. The van der Waals surface area contributed by atoms with Crippen molar-refractivity contribution in [2.45, 2.75) is 13.8 Å². The van der Waals surface area contributed by atoms with E-state index in [1.807, 2.05) is 18.7 Å². The number of alkyl halides is 1. The Kier molecular flexibility index (Phi) is 4.32. The molecule has 4 heteroatoms. The Bertz CT molecular complexity index is 189. The Morgan fingerprint density at radius 3 is 2.29 bits per heavy atom. The third-order valence-electron chi connectivity index (χ3n) is 2.58. The van der Waals surface area contributed by atoms with Crippen molar-refractivity contribution < 1.29 is 9.18 Å². The van der Waals surface area contributed by atoms with E-state index in [0.29, 0.717) is 6.54 Å². The third-order valence-corrected chi connectivity index (χ3v) is 2.58. The van der Waals surface area contributed by atoms with Gasteiger partial charge in [0.2, 0.25) is 5.91 Å². The summed E-state index contributed by atoms with van der Waals surface area (Å²) < 4.78 is 12.0. The first-order valence-electron chi connectivity index (χ1n) is 5.22. The maximum atomic E-state index is 12.0. The van der Waals surface area contributed by atoms with Crippen molar-refractivity contribution in [3.05, 3.63) is 0 Å². The summed E-state index contributed by atoms with van der Waals surface area (Å²) in [5, 5.41) is 0. The first-order valence-corrected chi connectivity index (χ1v) is 5.22. The maximum absolute atomic E-state index is 12.0. The Morgan fingerprint density at radius 2 is 1.86 bits per heavy atom. The van der Waals surface area contributed by atoms with Crippen LogP contribution < -0.4 is 0 Å². The smallest absolute Gasteiger partial charge is 0.225 e. The highest BCUT2D eigenvalue weighted by Crippen LogP contribution is 2.06. The van der Waals surface area contributed by atoms with Gasteiger partial charge in [0.05, 0.1) is 0 Å². The number of hydrogen-bond donors (Lipinski definition) is 0. The lowest BCUT2D eigenvalue weighted by Gasteiger charge is -2.35. The number of hydrogen-bond acceptors (Lipinski definition) is 2. The van der Waals surface area contributed by atoms with Crippen LogP contribution in [0.2, 0.25) is 0 Å². The van der Waals surface area contributed by atoms with Crippen molar-refractivity contribution in [1.82, 2.24) is 9.80 Å². The summed E-state index contributed by atoms with van der Waals surface area (Å²) >= 11 is 0. The summed E-state index contributed by atoms with van der Waals surface area (Å²) in [6.45, 7) is 7.15. The molecule has 0 aromatic carbocycles. The predicted octanol–water partition coefficient (Wildman–Crippen LogP) is 0.756. The van der Waals surface area contributed by atoms with Crippen LogP contribution in [-0.2, 0) is 4.79 Å². The monoisotopic (exact) mass is 202 g/mol. The Morgan fingerprint density at radius 1 is 1.29 bits per heavy atom. The van der Waals surface area contributed by atoms with E-state index in [1.54, 1.807) is 0 Å². The van der Waals surface area contributed by atoms with E-state index in [-0.39, 0.29) is 18.5 Å². The number of halogens is 1.